The van der Waals surface area contributed by atoms with Gasteiger partial charge in [0.25, 0.3) is 0 Å². The number of ether oxygens (including phenoxy) is 1. The summed E-state index contributed by atoms with van der Waals surface area (Å²) < 4.78 is 5.76. The molecule has 1 aromatic heterocycles. The van der Waals surface area contributed by atoms with E-state index in [1.807, 2.05) is 18.2 Å². The van der Waals surface area contributed by atoms with Crippen LogP contribution in [0.15, 0.2) is 24.5 Å². The summed E-state index contributed by atoms with van der Waals surface area (Å²) in [6, 6.07) is 5.56. The van der Waals surface area contributed by atoms with Gasteiger partial charge in [0, 0.05) is 12.2 Å². The third-order valence-electron chi connectivity index (χ3n) is 3.16. The number of fused-ring (bicyclic) bond motifs is 1. The maximum absolute atomic E-state index is 5.79. The Labute approximate surface area is 113 Å². The summed E-state index contributed by atoms with van der Waals surface area (Å²) in [6.07, 6.45) is 1.52. The molecule has 5 heteroatoms. The van der Waals surface area contributed by atoms with Crippen molar-refractivity contribution in [1.29, 1.82) is 0 Å². The van der Waals surface area contributed by atoms with Crippen LogP contribution in [0.3, 0.4) is 0 Å². The van der Waals surface area contributed by atoms with E-state index >= 15 is 0 Å². The van der Waals surface area contributed by atoms with Crippen LogP contribution in [-0.2, 0) is 0 Å². The van der Waals surface area contributed by atoms with Gasteiger partial charge in [-0.05, 0) is 31.3 Å². The van der Waals surface area contributed by atoms with Crippen molar-refractivity contribution in [1.82, 2.24) is 14.9 Å². The fourth-order valence-electron chi connectivity index (χ4n) is 1.98. The van der Waals surface area contributed by atoms with E-state index < -0.39 is 0 Å². The predicted octanol–water partition coefficient (Wildman–Crippen LogP) is 1.93. The molecule has 0 aliphatic heterocycles. The summed E-state index contributed by atoms with van der Waals surface area (Å²) in [5.41, 5.74) is 7.33. The molecule has 0 aliphatic rings. The second kappa shape index (κ2) is 6.33. The molecule has 2 rings (SSSR count). The Balaban J connectivity index is 2.10. The van der Waals surface area contributed by atoms with Crippen molar-refractivity contribution in [3.05, 3.63) is 24.5 Å². The summed E-state index contributed by atoms with van der Waals surface area (Å²) in [5, 5.41) is 0.863. The standard InChI is InChI=1S/C14H20N4O/c1-3-18(4-2)7-8-19-14-12-9-11(15)5-6-13(12)16-10-17-14/h5-6,9-10H,3-4,7-8,15H2,1-2H3. The van der Waals surface area contributed by atoms with Crippen molar-refractivity contribution in [2.45, 2.75) is 13.8 Å². The summed E-state index contributed by atoms with van der Waals surface area (Å²) >= 11 is 0. The molecule has 0 atom stereocenters. The van der Waals surface area contributed by atoms with Gasteiger partial charge in [-0.25, -0.2) is 9.97 Å². The summed E-state index contributed by atoms with van der Waals surface area (Å²) in [7, 11) is 0. The number of nitrogens with zero attached hydrogens (tertiary/aromatic N) is 3. The average Bonchev–Trinajstić information content (AvgIpc) is 2.44. The molecular formula is C14H20N4O. The molecular weight excluding hydrogens is 240 g/mol. The van der Waals surface area contributed by atoms with Gasteiger partial charge in [-0.3, -0.25) is 0 Å². The van der Waals surface area contributed by atoms with Crippen molar-refractivity contribution < 1.29 is 4.74 Å². The fourth-order valence-corrected chi connectivity index (χ4v) is 1.98. The van der Waals surface area contributed by atoms with Gasteiger partial charge in [-0.15, -0.1) is 0 Å². The van der Waals surface area contributed by atoms with Crippen molar-refractivity contribution >= 4 is 16.6 Å². The van der Waals surface area contributed by atoms with E-state index in [2.05, 4.69) is 28.7 Å². The minimum absolute atomic E-state index is 0.601. The predicted molar refractivity (Wildman–Crippen MR) is 77.2 cm³/mol. The first-order chi connectivity index (χ1) is 9.24. The van der Waals surface area contributed by atoms with E-state index in [0.29, 0.717) is 18.2 Å². The van der Waals surface area contributed by atoms with Crippen LogP contribution in [-0.4, -0.2) is 41.1 Å². The zero-order valence-electron chi connectivity index (χ0n) is 11.5. The Morgan fingerprint density at radius 1 is 1.21 bits per heavy atom. The SMILES string of the molecule is CCN(CC)CCOc1ncnc2ccc(N)cc12. The summed E-state index contributed by atoms with van der Waals surface area (Å²) in [4.78, 5) is 10.7. The molecule has 2 N–H and O–H groups in total. The third kappa shape index (κ3) is 3.32. The number of anilines is 1. The number of aromatic nitrogens is 2. The Morgan fingerprint density at radius 2 is 2.00 bits per heavy atom. The maximum Gasteiger partial charge on any atom is 0.224 e. The summed E-state index contributed by atoms with van der Waals surface area (Å²) in [6.45, 7) is 7.84. The molecule has 0 fully saturated rings. The molecule has 1 heterocycles. The highest BCUT2D eigenvalue weighted by atomic mass is 16.5. The van der Waals surface area contributed by atoms with Crippen LogP contribution in [0.1, 0.15) is 13.8 Å². The lowest BCUT2D eigenvalue weighted by molar-refractivity contribution is 0.219. The zero-order valence-corrected chi connectivity index (χ0v) is 11.5. The number of nitrogen functional groups attached to an aromatic ring is 1. The van der Waals surface area contributed by atoms with Gasteiger partial charge < -0.3 is 15.4 Å². The van der Waals surface area contributed by atoms with Gasteiger partial charge in [0.05, 0.1) is 10.9 Å². The van der Waals surface area contributed by atoms with Crippen LogP contribution < -0.4 is 10.5 Å². The number of rotatable bonds is 6. The number of likely N-dealkylation sites (N-methyl/N-ethyl adjacent to an activating group) is 1. The van der Waals surface area contributed by atoms with Crippen molar-refractivity contribution in [3.8, 4) is 5.88 Å². The largest absolute Gasteiger partial charge is 0.476 e. The van der Waals surface area contributed by atoms with E-state index in [9.17, 15) is 0 Å². The lowest BCUT2D eigenvalue weighted by Gasteiger charge is -2.18. The molecule has 102 valence electrons. The Morgan fingerprint density at radius 3 is 2.74 bits per heavy atom. The smallest absolute Gasteiger partial charge is 0.224 e. The lowest BCUT2D eigenvalue weighted by Crippen LogP contribution is -2.28. The van der Waals surface area contributed by atoms with Crippen LogP contribution >= 0.6 is 0 Å². The highest BCUT2D eigenvalue weighted by molar-refractivity contribution is 5.86. The first-order valence-corrected chi connectivity index (χ1v) is 6.60. The lowest BCUT2D eigenvalue weighted by atomic mass is 10.2. The van der Waals surface area contributed by atoms with Gasteiger partial charge in [0.15, 0.2) is 0 Å². The van der Waals surface area contributed by atoms with Gasteiger partial charge >= 0.3 is 0 Å². The van der Waals surface area contributed by atoms with Crippen molar-refractivity contribution in [2.75, 3.05) is 32.0 Å². The van der Waals surface area contributed by atoms with Crippen LogP contribution in [0, 0.1) is 0 Å². The number of hydrogen-bond donors (Lipinski definition) is 1. The molecule has 19 heavy (non-hydrogen) atoms. The maximum atomic E-state index is 5.79. The number of hydrogen-bond acceptors (Lipinski definition) is 5. The molecule has 0 radical (unpaired) electrons. The third-order valence-corrected chi connectivity index (χ3v) is 3.16. The first kappa shape index (κ1) is 13.5. The van der Waals surface area contributed by atoms with E-state index in [1.54, 1.807) is 0 Å². The average molecular weight is 260 g/mol. The van der Waals surface area contributed by atoms with E-state index in [0.717, 1.165) is 30.5 Å². The molecule has 0 spiro atoms. The number of benzene rings is 1. The van der Waals surface area contributed by atoms with Gasteiger partial charge in [0.1, 0.15) is 12.9 Å². The first-order valence-electron chi connectivity index (χ1n) is 6.60. The van der Waals surface area contributed by atoms with E-state index in [-0.39, 0.29) is 0 Å². The minimum Gasteiger partial charge on any atom is -0.476 e. The molecule has 0 unspecified atom stereocenters. The fraction of sp³-hybridized carbons (Fsp3) is 0.429. The number of nitrogens with two attached hydrogens (primary N) is 1. The molecule has 0 aliphatic carbocycles. The second-order valence-corrected chi connectivity index (χ2v) is 4.33. The van der Waals surface area contributed by atoms with Gasteiger partial charge in [-0.1, -0.05) is 13.8 Å². The van der Waals surface area contributed by atoms with Crippen molar-refractivity contribution in [3.63, 3.8) is 0 Å². The van der Waals surface area contributed by atoms with Crippen molar-refractivity contribution in [2.24, 2.45) is 0 Å². The molecule has 2 aromatic rings. The highest BCUT2D eigenvalue weighted by Crippen LogP contribution is 2.23. The summed E-state index contributed by atoms with van der Waals surface area (Å²) in [5.74, 6) is 0.601. The zero-order chi connectivity index (χ0) is 13.7. The van der Waals surface area contributed by atoms with Crippen LogP contribution in [0.5, 0.6) is 5.88 Å². The minimum atomic E-state index is 0.601. The molecule has 0 saturated heterocycles. The quantitative estimate of drug-likeness (QED) is 0.804. The van der Waals surface area contributed by atoms with Gasteiger partial charge in [-0.2, -0.15) is 0 Å². The molecule has 1 aromatic carbocycles. The van der Waals surface area contributed by atoms with Crippen LogP contribution in [0.4, 0.5) is 5.69 Å². The monoisotopic (exact) mass is 260 g/mol. The highest BCUT2D eigenvalue weighted by Gasteiger charge is 2.06. The van der Waals surface area contributed by atoms with Gasteiger partial charge in [0.2, 0.25) is 5.88 Å². The molecule has 5 nitrogen and oxygen atoms in total. The molecule has 0 amide bonds. The Kier molecular flexibility index (Phi) is 4.52. The van der Waals surface area contributed by atoms with E-state index in [1.165, 1.54) is 6.33 Å². The Hall–Kier alpha value is -1.88. The second-order valence-electron chi connectivity index (χ2n) is 4.33. The Bertz CT molecular complexity index is 540. The molecule has 0 saturated carbocycles. The molecule has 0 bridgehead atoms. The van der Waals surface area contributed by atoms with Crippen LogP contribution in [0.25, 0.3) is 10.9 Å². The van der Waals surface area contributed by atoms with E-state index in [4.69, 9.17) is 10.5 Å². The normalized spacial score (nSPS) is 11.1. The topological polar surface area (TPSA) is 64.3 Å². The van der Waals surface area contributed by atoms with Crippen LogP contribution in [0.2, 0.25) is 0 Å².